The molecule has 4 nitrogen and oxygen atoms in total. The lowest BCUT2D eigenvalue weighted by Gasteiger charge is -1.94. The van der Waals surface area contributed by atoms with E-state index in [-0.39, 0.29) is 6.47 Å². The summed E-state index contributed by atoms with van der Waals surface area (Å²) in [4.78, 5) is 18.8. The molecule has 0 aliphatic heterocycles. The van der Waals surface area contributed by atoms with Crippen LogP contribution in [0.25, 0.3) is 6.08 Å². The number of carboxylic acids is 1. The Morgan fingerprint density at radius 1 is 1.27 bits per heavy atom. The highest BCUT2D eigenvalue weighted by Gasteiger charge is 1.99. The van der Waals surface area contributed by atoms with Crippen molar-refractivity contribution in [1.29, 1.82) is 0 Å². The molecule has 4 heteroatoms. The highest BCUT2D eigenvalue weighted by Crippen LogP contribution is 2.05. The van der Waals surface area contributed by atoms with Crippen LogP contribution in [-0.2, 0) is 4.79 Å². The van der Waals surface area contributed by atoms with E-state index in [1.54, 1.807) is 24.3 Å². The fraction of sp³-hybridized carbons (Fsp3) is 0.0909. The van der Waals surface area contributed by atoms with Crippen LogP contribution in [0, 0.1) is 0 Å². The van der Waals surface area contributed by atoms with Gasteiger partial charge in [-0.05, 0) is 24.6 Å². The molecular formula is C11H12O4. The molecule has 0 heterocycles. The van der Waals surface area contributed by atoms with Crippen molar-refractivity contribution in [1.82, 2.24) is 0 Å². The van der Waals surface area contributed by atoms with Gasteiger partial charge < -0.3 is 10.2 Å². The topological polar surface area (TPSA) is 74.6 Å². The average Bonchev–Trinajstić information content (AvgIpc) is 2.20. The first-order valence-electron chi connectivity index (χ1n) is 4.19. The number of carbonyl (C=O) groups is 2. The third-order valence-corrected chi connectivity index (χ3v) is 1.52. The molecule has 0 aromatic heterocycles. The monoisotopic (exact) mass is 208 g/mol. The Labute approximate surface area is 87.5 Å². The van der Waals surface area contributed by atoms with Crippen LogP contribution in [0.2, 0.25) is 0 Å². The number of aromatic carboxylic acids is 1. The van der Waals surface area contributed by atoms with Gasteiger partial charge in [0.1, 0.15) is 0 Å². The Hall–Kier alpha value is -2.10. The molecule has 1 aromatic carbocycles. The summed E-state index contributed by atoms with van der Waals surface area (Å²) in [5.74, 6) is -0.887. The van der Waals surface area contributed by atoms with Gasteiger partial charge in [-0.1, -0.05) is 24.3 Å². The van der Waals surface area contributed by atoms with Crippen molar-refractivity contribution in [2.45, 2.75) is 6.92 Å². The molecular weight excluding hydrogens is 196 g/mol. The smallest absolute Gasteiger partial charge is 0.335 e. The second-order valence-corrected chi connectivity index (χ2v) is 2.53. The third-order valence-electron chi connectivity index (χ3n) is 1.52. The standard InChI is InChI=1S/C10H10O2.CH2O2/c1-2-3-8-4-6-9(7-5-8)10(11)12;2-1-3/h2-7H,1H3,(H,11,12);1H,(H,2,3)/b3-2+;. The van der Waals surface area contributed by atoms with E-state index < -0.39 is 5.97 Å². The molecule has 0 bridgehead atoms. The first-order chi connectivity index (χ1) is 7.15. The van der Waals surface area contributed by atoms with Crippen LogP contribution in [0.3, 0.4) is 0 Å². The van der Waals surface area contributed by atoms with Gasteiger partial charge in [0.05, 0.1) is 5.56 Å². The molecule has 2 N–H and O–H groups in total. The van der Waals surface area contributed by atoms with E-state index in [0.717, 1.165) is 5.56 Å². The van der Waals surface area contributed by atoms with E-state index in [2.05, 4.69) is 0 Å². The van der Waals surface area contributed by atoms with E-state index in [4.69, 9.17) is 15.0 Å². The molecule has 0 amide bonds. The Kier molecular flexibility index (Phi) is 6.29. The lowest BCUT2D eigenvalue weighted by Crippen LogP contribution is -1.94. The van der Waals surface area contributed by atoms with Crippen molar-refractivity contribution in [3.8, 4) is 0 Å². The average molecular weight is 208 g/mol. The summed E-state index contributed by atoms with van der Waals surface area (Å²) in [6.07, 6.45) is 3.83. The number of rotatable bonds is 2. The van der Waals surface area contributed by atoms with Gasteiger partial charge >= 0.3 is 5.97 Å². The van der Waals surface area contributed by atoms with E-state index in [1.807, 2.05) is 19.1 Å². The van der Waals surface area contributed by atoms with Gasteiger partial charge in [-0.3, -0.25) is 4.79 Å². The zero-order chi connectivity index (χ0) is 11.7. The summed E-state index contributed by atoms with van der Waals surface area (Å²) in [6.45, 7) is 1.67. The Balaban J connectivity index is 0.000000583. The maximum atomic E-state index is 10.5. The second kappa shape index (κ2) is 7.32. The van der Waals surface area contributed by atoms with Gasteiger partial charge in [-0.25, -0.2) is 4.79 Å². The SMILES string of the molecule is C/C=C/c1ccc(C(=O)O)cc1.O=CO. The molecule has 0 aliphatic carbocycles. The van der Waals surface area contributed by atoms with E-state index in [0.29, 0.717) is 5.56 Å². The summed E-state index contributed by atoms with van der Waals surface area (Å²) in [5, 5.41) is 15.5. The largest absolute Gasteiger partial charge is 0.483 e. The van der Waals surface area contributed by atoms with Crippen molar-refractivity contribution in [2.75, 3.05) is 0 Å². The van der Waals surface area contributed by atoms with E-state index in [9.17, 15) is 4.79 Å². The summed E-state index contributed by atoms with van der Waals surface area (Å²) in [6, 6.07) is 6.75. The maximum absolute atomic E-state index is 10.5. The van der Waals surface area contributed by atoms with Crippen molar-refractivity contribution < 1.29 is 19.8 Å². The van der Waals surface area contributed by atoms with Gasteiger partial charge in [0.25, 0.3) is 6.47 Å². The van der Waals surface area contributed by atoms with Crippen LogP contribution in [0.15, 0.2) is 30.3 Å². The fourth-order valence-electron chi connectivity index (χ4n) is 0.929. The van der Waals surface area contributed by atoms with Crippen LogP contribution in [0.4, 0.5) is 0 Å². The fourth-order valence-corrected chi connectivity index (χ4v) is 0.929. The van der Waals surface area contributed by atoms with Crippen LogP contribution >= 0.6 is 0 Å². The Morgan fingerprint density at radius 3 is 2.07 bits per heavy atom. The molecule has 15 heavy (non-hydrogen) atoms. The number of hydrogen-bond donors (Lipinski definition) is 2. The summed E-state index contributed by atoms with van der Waals surface area (Å²) >= 11 is 0. The zero-order valence-electron chi connectivity index (χ0n) is 8.25. The third kappa shape index (κ3) is 5.25. The molecule has 0 spiro atoms. The lowest BCUT2D eigenvalue weighted by molar-refractivity contribution is -0.122. The number of benzene rings is 1. The zero-order valence-corrected chi connectivity index (χ0v) is 8.25. The first kappa shape index (κ1) is 12.9. The highest BCUT2D eigenvalue weighted by atomic mass is 16.4. The molecule has 0 atom stereocenters. The molecule has 1 rings (SSSR count). The second-order valence-electron chi connectivity index (χ2n) is 2.53. The van der Waals surface area contributed by atoms with Gasteiger partial charge in [-0.2, -0.15) is 0 Å². The minimum Gasteiger partial charge on any atom is -0.483 e. The molecule has 80 valence electrons. The molecule has 0 radical (unpaired) electrons. The van der Waals surface area contributed by atoms with Crippen LogP contribution in [0.1, 0.15) is 22.8 Å². The van der Waals surface area contributed by atoms with E-state index in [1.165, 1.54) is 0 Å². The van der Waals surface area contributed by atoms with Crippen LogP contribution in [0.5, 0.6) is 0 Å². The van der Waals surface area contributed by atoms with E-state index >= 15 is 0 Å². The van der Waals surface area contributed by atoms with Crippen molar-refractivity contribution >= 4 is 18.5 Å². The Bertz CT molecular complexity index is 338. The lowest BCUT2D eigenvalue weighted by atomic mass is 10.1. The van der Waals surface area contributed by atoms with Crippen LogP contribution < -0.4 is 0 Å². The van der Waals surface area contributed by atoms with Crippen LogP contribution in [-0.4, -0.2) is 22.7 Å². The highest BCUT2D eigenvalue weighted by molar-refractivity contribution is 5.87. The first-order valence-corrected chi connectivity index (χ1v) is 4.19. The summed E-state index contributed by atoms with van der Waals surface area (Å²) in [5.41, 5.74) is 1.34. The summed E-state index contributed by atoms with van der Waals surface area (Å²) in [7, 11) is 0. The van der Waals surface area contributed by atoms with Gasteiger partial charge in [-0.15, -0.1) is 0 Å². The predicted molar refractivity (Wildman–Crippen MR) is 56.8 cm³/mol. The molecule has 0 saturated heterocycles. The summed E-state index contributed by atoms with van der Waals surface area (Å²) < 4.78 is 0. The van der Waals surface area contributed by atoms with Gasteiger partial charge in [0.15, 0.2) is 0 Å². The predicted octanol–water partition coefficient (Wildman–Crippen LogP) is 2.12. The quantitative estimate of drug-likeness (QED) is 0.730. The number of hydrogen-bond acceptors (Lipinski definition) is 2. The molecule has 0 fully saturated rings. The molecule has 0 saturated carbocycles. The minimum absolute atomic E-state index is 0.250. The van der Waals surface area contributed by atoms with Gasteiger partial charge in [0.2, 0.25) is 0 Å². The molecule has 0 aliphatic rings. The van der Waals surface area contributed by atoms with Crippen molar-refractivity contribution in [2.24, 2.45) is 0 Å². The number of carboxylic acid groups (broad SMARTS) is 2. The van der Waals surface area contributed by atoms with Crippen molar-refractivity contribution in [3.05, 3.63) is 41.5 Å². The Morgan fingerprint density at radius 2 is 1.73 bits per heavy atom. The molecule has 1 aromatic rings. The van der Waals surface area contributed by atoms with Gasteiger partial charge in [0, 0.05) is 0 Å². The normalized spacial score (nSPS) is 9.13. The number of allylic oxidation sites excluding steroid dienone is 1. The van der Waals surface area contributed by atoms with Crippen molar-refractivity contribution in [3.63, 3.8) is 0 Å². The maximum Gasteiger partial charge on any atom is 0.335 e. The molecule has 0 unspecified atom stereocenters. The minimum atomic E-state index is -0.887.